The summed E-state index contributed by atoms with van der Waals surface area (Å²) in [5, 5.41) is 25.9. The van der Waals surface area contributed by atoms with Gasteiger partial charge in [0.05, 0.1) is 23.2 Å². The molecule has 0 atom stereocenters. The van der Waals surface area contributed by atoms with Crippen molar-refractivity contribution in [2.24, 2.45) is 0 Å². The summed E-state index contributed by atoms with van der Waals surface area (Å²) in [4.78, 5) is 35.3. The van der Waals surface area contributed by atoms with Crippen LogP contribution in [0.3, 0.4) is 0 Å². The van der Waals surface area contributed by atoms with Gasteiger partial charge in [0.25, 0.3) is 0 Å². The van der Waals surface area contributed by atoms with Crippen molar-refractivity contribution in [1.29, 1.82) is 0 Å². The zero-order valence-electron chi connectivity index (χ0n) is 7.88. The second-order valence-electron chi connectivity index (χ2n) is 2.90. The molecule has 0 aromatic carbocycles. The number of hydrogen-bond acceptors (Lipinski definition) is 4. The number of carbonyl (C=O) groups is 3. The Morgan fingerprint density at radius 1 is 1.06 bits per heavy atom. The van der Waals surface area contributed by atoms with Gasteiger partial charge in [-0.05, 0) is 6.07 Å². The Bertz CT molecular complexity index is 467. The number of rotatable bonds is 4. The number of aromatic nitrogens is 1. The summed E-state index contributed by atoms with van der Waals surface area (Å²) in [6.07, 6.45) is 0.379. The maximum Gasteiger partial charge on any atom is 0.338 e. The second kappa shape index (κ2) is 4.39. The summed E-state index contributed by atoms with van der Waals surface area (Å²) < 4.78 is 0. The third-order valence-corrected chi connectivity index (χ3v) is 1.75. The molecule has 1 heterocycles. The van der Waals surface area contributed by atoms with E-state index in [0.717, 1.165) is 12.3 Å². The molecule has 84 valence electrons. The number of hydrogen-bond donors (Lipinski definition) is 3. The highest BCUT2D eigenvalue weighted by Crippen LogP contribution is 2.10. The molecule has 0 bridgehead atoms. The van der Waals surface area contributed by atoms with Crippen molar-refractivity contribution in [2.45, 2.75) is 6.42 Å². The fraction of sp³-hybridized carbons (Fsp3) is 0.111. The largest absolute Gasteiger partial charge is 0.481 e. The number of nitrogens with zero attached hydrogens (tertiary/aromatic N) is 1. The van der Waals surface area contributed by atoms with E-state index in [4.69, 9.17) is 15.3 Å². The Hall–Kier alpha value is -2.44. The van der Waals surface area contributed by atoms with E-state index in [1.165, 1.54) is 0 Å². The molecule has 0 saturated heterocycles. The average molecular weight is 225 g/mol. The maximum atomic E-state index is 10.7. The van der Waals surface area contributed by atoms with Gasteiger partial charge in [-0.25, -0.2) is 9.59 Å². The first-order valence-electron chi connectivity index (χ1n) is 4.09. The quantitative estimate of drug-likeness (QED) is 0.663. The zero-order chi connectivity index (χ0) is 12.3. The predicted molar refractivity (Wildman–Crippen MR) is 49.5 cm³/mol. The lowest BCUT2D eigenvalue weighted by atomic mass is 10.1. The summed E-state index contributed by atoms with van der Waals surface area (Å²) in [6.45, 7) is 0. The fourth-order valence-corrected chi connectivity index (χ4v) is 1.10. The van der Waals surface area contributed by atoms with Crippen LogP contribution in [0.4, 0.5) is 0 Å². The topological polar surface area (TPSA) is 125 Å². The van der Waals surface area contributed by atoms with Crippen LogP contribution in [0.25, 0.3) is 0 Å². The summed E-state index contributed by atoms with van der Waals surface area (Å²) in [6, 6.07) is 0.944. The Morgan fingerprint density at radius 2 is 1.62 bits per heavy atom. The van der Waals surface area contributed by atoms with E-state index >= 15 is 0 Å². The summed E-state index contributed by atoms with van der Waals surface area (Å²) >= 11 is 0. The number of carboxylic acid groups (broad SMARTS) is 3. The van der Waals surface area contributed by atoms with E-state index in [-0.39, 0.29) is 5.69 Å². The maximum absolute atomic E-state index is 10.7. The third kappa shape index (κ3) is 2.53. The fourth-order valence-electron chi connectivity index (χ4n) is 1.10. The predicted octanol–water partition coefficient (Wildman–Crippen LogP) is 0.105. The summed E-state index contributed by atoms with van der Waals surface area (Å²) in [5.74, 6) is -4.04. The van der Waals surface area contributed by atoms with Gasteiger partial charge in [-0.15, -0.1) is 0 Å². The van der Waals surface area contributed by atoms with Crippen LogP contribution in [-0.4, -0.2) is 38.2 Å². The Morgan fingerprint density at radius 3 is 2.06 bits per heavy atom. The zero-order valence-corrected chi connectivity index (χ0v) is 7.88. The van der Waals surface area contributed by atoms with E-state index in [0.29, 0.717) is 0 Å². The van der Waals surface area contributed by atoms with Gasteiger partial charge < -0.3 is 15.3 Å². The van der Waals surface area contributed by atoms with Crippen LogP contribution in [0.2, 0.25) is 0 Å². The summed E-state index contributed by atoms with van der Waals surface area (Å²) in [5.41, 5.74) is -0.949. The minimum absolute atomic E-state index is 0.00472. The highest BCUT2D eigenvalue weighted by molar-refractivity contribution is 6.01. The molecule has 0 amide bonds. The average Bonchev–Trinajstić information content (AvgIpc) is 2.16. The lowest BCUT2D eigenvalue weighted by molar-refractivity contribution is -0.136. The number of aliphatic carboxylic acids is 1. The van der Waals surface area contributed by atoms with Gasteiger partial charge >= 0.3 is 17.9 Å². The Balaban J connectivity index is 3.22. The molecule has 0 spiro atoms. The molecule has 0 saturated carbocycles. The molecule has 0 aliphatic rings. The summed E-state index contributed by atoms with van der Waals surface area (Å²) in [7, 11) is 0. The van der Waals surface area contributed by atoms with Gasteiger partial charge in [-0.1, -0.05) is 0 Å². The monoisotopic (exact) mass is 225 g/mol. The first-order valence-corrected chi connectivity index (χ1v) is 4.09. The van der Waals surface area contributed by atoms with Crippen molar-refractivity contribution in [2.75, 3.05) is 0 Å². The van der Waals surface area contributed by atoms with Crippen LogP contribution in [0.5, 0.6) is 0 Å². The lowest BCUT2D eigenvalue weighted by Gasteiger charge is -2.02. The van der Waals surface area contributed by atoms with Crippen molar-refractivity contribution in [3.8, 4) is 0 Å². The third-order valence-electron chi connectivity index (χ3n) is 1.75. The van der Waals surface area contributed by atoms with Gasteiger partial charge in [-0.2, -0.15) is 0 Å². The van der Waals surface area contributed by atoms with Crippen LogP contribution < -0.4 is 0 Å². The molecular formula is C9H7NO6. The van der Waals surface area contributed by atoms with Crippen molar-refractivity contribution >= 4 is 17.9 Å². The second-order valence-corrected chi connectivity index (χ2v) is 2.90. The van der Waals surface area contributed by atoms with Crippen molar-refractivity contribution in [3.05, 3.63) is 29.1 Å². The molecule has 0 fully saturated rings. The van der Waals surface area contributed by atoms with Gasteiger partial charge in [0.1, 0.15) is 0 Å². The first-order chi connectivity index (χ1) is 7.41. The van der Waals surface area contributed by atoms with E-state index in [1.54, 1.807) is 0 Å². The standard InChI is InChI=1S/C9H7NO6/c11-7(12)2-4-1-5(8(13)14)6(3-10-4)9(15)16/h1,3H,2H2,(H,11,12)(H,13,14)(H,15,16). The van der Waals surface area contributed by atoms with Crippen molar-refractivity contribution in [3.63, 3.8) is 0 Å². The van der Waals surface area contributed by atoms with E-state index in [1.807, 2.05) is 0 Å². The molecule has 7 heteroatoms. The van der Waals surface area contributed by atoms with Crippen molar-refractivity contribution in [1.82, 2.24) is 4.98 Å². The highest BCUT2D eigenvalue weighted by atomic mass is 16.4. The van der Waals surface area contributed by atoms with Crippen LogP contribution in [0, 0.1) is 0 Å². The van der Waals surface area contributed by atoms with Crippen LogP contribution in [0.1, 0.15) is 26.4 Å². The van der Waals surface area contributed by atoms with Gasteiger partial charge in [0.2, 0.25) is 0 Å². The van der Waals surface area contributed by atoms with E-state index in [2.05, 4.69) is 4.98 Å². The van der Waals surface area contributed by atoms with Gasteiger partial charge in [0.15, 0.2) is 0 Å². The number of carboxylic acids is 3. The molecule has 1 aromatic rings. The minimum atomic E-state index is -1.44. The molecule has 3 N–H and O–H groups in total. The number of pyridine rings is 1. The number of aromatic carboxylic acids is 2. The van der Waals surface area contributed by atoms with Crippen LogP contribution in [-0.2, 0) is 11.2 Å². The molecule has 16 heavy (non-hydrogen) atoms. The molecule has 1 aromatic heterocycles. The Kier molecular flexibility index (Phi) is 3.19. The molecule has 7 nitrogen and oxygen atoms in total. The smallest absolute Gasteiger partial charge is 0.338 e. The van der Waals surface area contributed by atoms with E-state index < -0.39 is 35.5 Å². The minimum Gasteiger partial charge on any atom is -0.481 e. The van der Waals surface area contributed by atoms with Gasteiger partial charge in [-0.3, -0.25) is 9.78 Å². The molecular weight excluding hydrogens is 218 g/mol. The SMILES string of the molecule is O=C(O)Cc1cc(C(=O)O)c(C(=O)O)cn1. The molecule has 0 unspecified atom stereocenters. The first kappa shape index (κ1) is 11.6. The Labute approximate surface area is 89.0 Å². The van der Waals surface area contributed by atoms with E-state index in [9.17, 15) is 14.4 Å². The van der Waals surface area contributed by atoms with Crippen LogP contribution in [0.15, 0.2) is 12.3 Å². The van der Waals surface area contributed by atoms with Gasteiger partial charge in [0, 0.05) is 6.20 Å². The van der Waals surface area contributed by atoms with Crippen molar-refractivity contribution < 1.29 is 29.7 Å². The van der Waals surface area contributed by atoms with Crippen LogP contribution >= 0.6 is 0 Å². The normalized spacial score (nSPS) is 9.75. The molecule has 0 aliphatic carbocycles. The molecule has 1 rings (SSSR count). The molecule has 0 radical (unpaired) electrons. The highest BCUT2D eigenvalue weighted by Gasteiger charge is 2.17. The lowest BCUT2D eigenvalue weighted by Crippen LogP contribution is -2.11. The molecule has 0 aliphatic heterocycles.